The minimum atomic E-state index is -2.98. The highest BCUT2D eigenvalue weighted by molar-refractivity contribution is 7.99. The average Bonchev–Trinajstić information content (AvgIpc) is 1.75. The van der Waals surface area contributed by atoms with E-state index in [9.17, 15) is 22.8 Å². The summed E-state index contributed by atoms with van der Waals surface area (Å²) in [6.07, 6.45) is 20.9. The van der Waals surface area contributed by atoms with Crippen LogP contribution in [-0.2, 0) is 62.1 Å². The molecule has 11 aliphatic rings. The number of ether oxygens (including phenoxy) is 5. The second-order valence-corrected chi connectivity index (χ2v) is 38.7. The Kier molecular flexibility index (Phi) is 22.5. The average molecular weight is 1520 g/mol. The molecule has 22 heteroatoms. The van der Waals surface area contributed by atoms with Gasteiger partial charge in [-0.25, -0.2) is 8.42 Å². The van der Waals surface area contributed by atoms with Gasteiger partial charge in [-0.3, -0.25) is 38.5 Å². The van der Waals surface area contributed by atoms with Gasteiger partial charge in [0.25, 0.3) is 11.8 Å². The van der Waals surface area contributed by atoms with Crippen LogP contribution in [0.5, 0.6) is 11.5 Å². The van der Waals surface area contributed by atoms with E-state index in [1.807, 2.05) is 69.4 Å². The number of aryl methyl sites for hydroxylation is 2. The molecule has 3 amide bonds. The van der Waals surface area contributed by atoms with Crippen molar-refractivity contribution < 1.29 is 46.5 Å². The van der Waals surface area contributed by atoms with Crippen molar-refractivity contribution >= 4 is 83.5 Å². The molecule has 0 radical (unpaired) electrons. The zero-order valence-corrected chi connectivity index (χ0v) is 66.0. The quantitative estimate of drug-likeness (QED) is 0.132. The van der Waals surface area contributed by atoms with E-state index >= 15 is 0 Å². The lowest BCUT2D eigenvalue weighted by molar-refractivity contribution is -0.132. The molecule has 0 aromatic heterocycles. The summed E-state index contributed by atoms with van der Waals surface area (Å²) in [6.45, 7) is 24.3. The third kappa shape index (κ3) is 15.5. The van der Waals surface area contributed by atoms with E-state index in [2.05, 4.69) is 108 Å². The van der Waals surface area contributed by atoms with Crippen LogP contribution in [-0.4, -0.2) is 217 Å². The van der Waals surface area contributed by atoms with Crippen LogP contribution in [0.2, 0.25) is 10.0 Å². The van der Waals surface area contributed by atoms with Gasteiger partial charge in [0, 0.05) is 155 Å². The van der Waals surface area contributed by atoms with Crippen molar-refractivity contribution in [1.29, 1.82) is 0 Å². The minimum absolute atomic E-state index is 0.000638. The van der Waals surface area contributed by atoms with E-state index in [0.717, 1.165) is 195 Å². The first kappa shape index (κ1) is 76.1. The number of nitrogens with one attached hydrogen (secondary N) is 2. The van der Waals surface area contributed by atoms with Crippen LogP contribution < -0.4 is 28.7 Å². The van der Waals surface area contributed by atoms with Gasteiger partial charge in [0.1, 0.15) is 22.7 Å². The highest BCUT2D eigenvalue weighted by Crippen LogP contribution is 2.52. The van der Waals surface area contributed by atoms with Gasteiger partial charge < -0.3 is 38.4 Å². The number of rotatable bonds is 7. The molecule has 18 nitrogen and oxygen atoms in total. The normalized spacial score (nSPS) is 35.4. The van der Waals surface area contributed by atoms with Crippen LogP contribution in [0.3, 0.4) is 0 Å². The Morgan fingerprint density at radius 2 is 1.04 bits per heavy atom. The number of piperazine rings is 2. The largest absolute Gasteiger partial charge is 0.490 e. The van der Waals surface area contributed by atoms with Gasteiger partial charge in [0.15, 0.2) is 0 Å². The number of carbonyl (C=O) groups excluding carboxylic acids is 3. The third-order valence-corrected chi connectivity index (χ3v) is 31.7. The van der Waals surface area contributed by atoms with Crippen molar-refractivity contribution in [2.24, 2.45) is 35.5 Å². The molecule has 3 saturated heterocycles. The van der Waals surface area contributed by atoms with Crippen LogP contribution in [0.1, 0.15) is 142 Å². The summed E-state index contributed by atoms with van der Waals surface area (Å²) in [5, 5.41) is 0.831. The molecular formula is C83H112Cl2N8O10S2. The van der Waals surface area contributed by atoms with Gasteiger partial charge >= 0.3 is 0 Å². The fourth-order valence-corrected chi connectivity index (χ4v) is 22.8. The van der Waals surface area contributed by atoms with Gasteiger partial charge in [0.05, 0.1) is 63.3 Å². The first-order chi connectivity index (χ1) is 50.3. The molecule has 4 aromatic carbocycles. The molecule has 4 aliphatic carbocycles. The molecule has 4 bridgehead atoms. The summed E-state index contributed by atoms with van der Waals surface area (Å²) in [5.74, 6) is 10.4. The van der Waals surface area contributed by atoms with Crippen LogP contribution in [0.25, 0.3) is 0 Å². The molecular weight excluding hydrogens is 1400 g/mol. The fourth-order valence-electron chi connectivity index (χ4n) is 19.4. The molecule has 14 atom stereocenters. The molecule has 2 spiro atoms. The first-order valence-electron chi connectivity index (χ1n) is 38.8. The number of halogens is 2. The number of nitrogens with zero attached hydrogens (tertiary/aromatic N) is 6. The summed E-state index contributed by atoms with van der Waals surface area (Å²) in [6, 6.07) is 24.5. The molecule has 2 N–H and O–H groups in total. The van der Waals surface area contributed by atoms with E-state index in [1.54, 1.807) is 19.1 Å². The number of hydrogen-bond acceptors (Lipinski definition) is 15. The number of amides is 3. The van der Waals surface area contributed by atoms with Crippen molar-refractivity contribution in [3.05, 3.63) is 141 Å². The molecule has 15 rings (SSSR count). The van der Waals surface area contributed by atoms with Crippen molar-refractivity contribution in [3.63, 3.8) is 0 Å². The van der Waals surface area contributed by atoms with Gasteiger partial charge in [-0.2, -0.15) is 0 Å². The maximum Gasteiger partial charge on any atom is 0.262 e. The molecule has 2 unspecified atom stereocenters. The van der Waals surface area contributed by atoms with Crippen LogP contribution >= 0.6 is 23.2 Å². The lowest BCUT2D eigenvalue weighted by Gasteiger charge is -2.52. The Hall–Kier alpha value is -5.65. The summed E-state index contributed by atoms with van der Waals surface area (Å²) < 4.78 is 66.1. The monoisotopic (exact) mass is 1510 g/mol. The van der Waals surface area contributed by atoms with E-state index in [-0.39, 0.29) is 56.8 Å². The first-order valence-corrected chi connectivity index (χ1v) is 43.1. The van der Waals surface area contributed by atoms with Crippen molar-refractivity contribution in [2.45, 2.75) is 150 Å². The van der Waals surface area contributed by atoms with E-state index < -0.39 is 30.6 Å². The Labute approximate surface area is 634 Å². The molecule has 7 heterocycles. The lowest BCUT2D eigenvalue weighted by atomic mass is 9.63. The van der Waals surface area contributed by atoms with Crippen molar-refractivity contribution in [1.82, 2.24) is 29.0 Å². The number of hydrogen-bond donors (Lipinski definition) is 2. The maximum atomic E-state index is 14.1. The molecule has 7 aliphatic heterocycles. The topological polar surface area (TPSA) is 175 Å². The second kappa shape index (κ2) is 31.0. The van der Waals surface area contributed by atoms with Crippen LogP contribution in [0.15, 0.2) is 97.1 Å². The highest BCUT2D eigenvalue weighted by Gasteiger charge is 2.53. The number of methoxy groups -OCH3 is 2. The van der Waals surface area contributed by atoms with E-state index in [4.69, 9.17) is 46.9 Å². The second-order valence-electron chi connectivity index (χ2n) is 33.0. The smallest absolute Gasteiger partial charge is 0.262 e. The summed E-state index contributed by atoms with van der Waals surface area (Å²) in [5.41, 5.74) is 6.44. The Morgan fingerprint density at radius 1 is 0.600 bits per heavy atom. The predicted molar refractivity (Wildman–Crippen MR) is 424 cm³/mol. The molecule has 4 aromatic rings. The maximum absolute atomic E-state index is 14.1. The lowest BCUT2D eigenvalue weighted by Crippen LogP contribution is -2.61. The van der Waals surface area contributed by atoms with Crippen molar-refractivity contribution in [3.8, 4) is 11.5 Å². The molecule has 570 valence electrons. The number of allylic oxidation sites excluding steroid dienone is 2. The summed E-state index contributed by atoms with van der Waals surface area (Å²) >= 11 is 13.0. The minimum Gasteiger partial charge on any atom is -0.490 e. The zero-order valence-electron chi connectivity index (χ0n) is 62.9. The number of fused-ring (bicyclic) bond motifs is 8. The zero-order chi connectivity index (χ0) is 73.8. The van der Waals surface area contributed by atoms with Crippen LogP contribution in [0.4, 0.5) is 11.4 Å². The van der Waals surface area contributed by atoms with Gasteiger partial charge in [0.2, 0.25) is 5.91 Å². The SMILES string of the molecule is C=S1(=O)NC(=O)c2ccc3c(c2)N(C[C@@H]2CC[C@H]2[C@@](CN2CCN(C(C)=O)CC2)(OC)/C=C/C[C@H](C)[C@H]1C)C[C@@]1(CCCc2cc(Cl)ccc21)CO3.C=S1(=O)NC(=O)c2ccc3c(c2)N(C[C@@H]2CC[C@H]2[C@@](CN2CCN(C4COC4)CC2)(OC)/C=C/C[C@H](C)[C@H]1C)C[C@@]1(CCCc2cc(Cl)ccc21)CO3. The van der Waals surface area contributed by atoms with E-state index in [0.29, 0.717) is 67.6 Å². The Bertz CT molecular complexity index is 4180. The third-order valence-electron chi connectivity index (χ3n) is 26.8. The summed E-state index contributed by atoms with van der Waals surface area (Å²) in [4.78, 5) is 54.2. The summed E-state index contributed by atoms with van der Waals surface area (Å²) in [7, 11) is -2.19. The van der Waals surface area contributed by atoms with Gasteiger partial charge in [-0.05, 0) is 221 Å². The number of benzene rings is 4. The van der Waals surface area contributed by atoms with Crippen molar-refractivity contribution in [2.75, 3.05) is 142 Å². The van der Waals surface area contributed by atoms with Gasteiger partial charge in [-0.1, -0.05) is 73.5 Å². The molecule has 2 saturated carbocycles. The number of anilines is 2. The standard InChI is InChI=1S/C42H57ClN4O5S.C41H55ClN4O5S/c1-29-7-5-16-42(50-3,27-45-17-19-46(20-18-45)35-24-51-25-35)37-12-9-33(37)23-47-26-41(15-6-8-31-21-34(43)11-13-36(31)41)28-52-39-14-10-32(22-38(39)47)40(48)44-53(4,49)30(29)2;1-28-8-6-17-41(50-4,26-44-18-20-45(21-19-44)30(3)47)36-13-10-33(36)24-46-25-40(16-7-9-31-22-34(42)12-14-35(31)40)27-51-38-15-11-32(23-37(38)46)39(48)43-52(5,49)29(28)2/h5,10-11,13-14,16,21-22,29-30,33,35,37H,4,6-9,12,15,17-20,23-28H2,1-3H3,(H,44,48,49);6,11-12,14-15,17,22-23,28-29,33,36H,5,7-10,13,16,18-21,24-27H2,1-4H3,(H,43,48,49)/b16-5+;17-6+/t29-,30+,33-,37+,41-,42+,53?;28-,29+,33-,36+,40-,41+,52?/m00/s1. The number of carbonyl (C=O) groups is 3. The molecule has 5 fully saturated rings. The van der Waals surface area contributed by atoms with E-state index in [1.165, 1.54) is 22.3 Å². The predicted octanol–water partition coefficient (Wildman–Crippen LogP) is 11.3. The molecule has 105 heavy (non-hydrogen) atoms. The fraction of sp³-hybridized carbons (Fsp3) is 0.602. The highest BCUT2D eigenvalue weighted by atomic mass is 35.5. The Balaban J connectivity index is 0.000000177. The Morgan fingerprint density at radius 3 is 1.43 bits per heavy atom. The van der Waals surface area contributed by atoms with Crippen LogP contribution in [0, 0.1) is 35.5 Å². The van der Waals surface area contributed by atoms with Gasteiger partial charge in [-0.15, -0.1) is 0 Å².